The van der Waals surface area contributed by atoms with E-state index in [-0.39, 0.29) is 5.91 Å². The van der Waals surface area contributed by atoms with E-state index in [9.17, 15) is 4.79 Å². The third-order valence-corrected chi connectivity index (χ3v) is 2.63. The molecule has 0 saturated carbocycles. The Kier molecular flexibility index (Phi) is 2.62. The summed E-state index contributed by atoms with van der Waals surface area (Å²) in [5.74, 6) is 0.902. The lowest BCUT2D eigenvalue weighted by Crippen LogP contribution is -2.29. The maximum absolute atomic E-state index is 11.5. The number of carbonyl (C=O) groups is 1. The summed E-state index contributed by atoms with van der Waals surface area (Å²) < 4.78 is 5.62. The van der Waals surface area contributed by atoms with Gasteiger partial charge in [0.2, 0.25) is 5.91 Å². The second kappa shape index (κ2) is 3.93. The molecule has 0 saturated heterocycles. The number of anilines is 1. The second-order valence-electron chi connectivity index (χ2n) is 3.79. The molecule has 1 aliphatic rings. The largest absolute Gasteiger partial charge is 0.491 e. The van der Waals surface area contributed by atoms with Gasteiger partial charge in [-0.2, -0.15) is 0 Å². The molecular weight excluding hydrogens is 190 g/mol. The highest BCUT2D eigenvalue weighted by atomic mass is 16.5. The van der Waals surface area contributed by atoms with Crippen molar-refractivity contribution in [2.24, 2.45) is 0 Å². The number of amides is 1. The van der Waals surface area contributed by atoms with Gasteiger partial charge in [-0.25, -0.2) is 0 Å². The highest BCUT2D eigenvalue weighted by Gasteiger charge is 2.20. The van der Waals surface area contributed by atoms with Crippen LogP contribution in [0.15, 0.2) is 18.2 Å². The zero-order valence-electron chi connectivity index (χ0n) is 9.12. The Balaban J connectivity index is 2.51. The van der Waals surface area contributed by atoms with E-state index in [1.807, 2.05) is 25.1 Å². The third-order valence-electron chi connectivity index (χ3n) is 2.63. The van der Waals surface area contributed by atoms with Gasteiger partial charge in [-0.1, -0.05) is 12.1 Å². The molecule has 80 valence electrons. The van der Waals surface area contributed by atoms with E-state index in [0.717, 1.165) is 30.0 Å². The van der Waals surface area contributed by atoms with Gasteiger partial charge < -0.3 is 9.64 Å². The Morgan fingerprint density at radius 2 is 2.27 bits per heavy atom. The molecule has 1 amide bonds. The zero-order chi connectivity index (χ0) is 10.8. The monoisotopic (exact) mass is 205 g/mol. The van der Waals surface area contributed by atoms with E-state index in [4.69, 9.17) is 4.74 Å². The molecule has 0 bridgehead atoms. The number of benzene rings is 1. The van der Waals surface area contributed by atoms with Crippen molar-refractivity contribution >= 4 is 11.6 Å². The molecule has 0 atom stereocenters. The first-order valence-corrected chi connectivity index (χ1v) is 5.20. The van der Waals surface area contributed by atoms with E-state index in [2.05, 4.69) is 0 Å². The first kappa shape index (κ1) is 10.0. The van der Waals surface area contributed by atoms with Crippen LogP contribution < -0.4 is 9.64 Å². The fourth-order valence-corrected chi connectivity index (χ4v) is 1.93. The summed E-state index contributed by atoms with van der Waals surface area (Å²) in [5.41, 5.74) is 2.02. The van der Waals surface area contributed by atoms with Gasteiger partial charge in [-0.05, 0) is 25.0 Å². The molecule has 1 heterocycles. The molecule has 0 unspecified atom stereocenters. The molecule has 15 heavy (non-hydrogen) atoms. The van der Waals surface area contributed by atoms with E-state index >= 15 is 0 Å². The maximum Gasteiger partial charge on any atom is 0.223 e. The average Bonchev–Trinajstić information content (AvgIpc) is 2.40. The molecule has 1 aromatic rings. The van der Waals surface area contributed by atoms with Crippen molar-refractivity contribution in [3.05, 3.63) is 23.8 Å². The van der Waals surface area contributed by atoms with E-state index in [1.54, 1.807) is 11.8 Å². The lowest BCUT2D eigenvalue weighted by molar-refractivity contribution is -0.116. The first-order chi connectivity index (χ1) is 7.20. The van der Waals surface area contributed by atoms with Crippen LogP contribution in [0.1, 0.15) is 18.9 Å². The summed E-state index contributed by atoms with van der Waals surface area (Å²) in [7, 11) is 0. The number of hydrogen-bond donors (Lipinski definition) is 0. The first-order valence-electron chi connectivity index (χ1n) is 5.20. The van der Waals surface area contributed by atoms with Crippen LogP contribution in [0.3, 0.4) is 0 Å². The molecule has 0 radical (unpaired) electrons. The highest BCUT2D eigenvalue weighted by Crippen LogP contribution is 2.33. The van der Waals surface area contributed by atoms with Crippen molar-refractivity contribution in [1.29, 1.82) is 0 Å². The Bertz CT molecular complexity index is 387. The van der Waals surface area contributed by atoms with Crippen LogP contribution in [0.4, 0.5) is 5.69 Å². The Hall–Kier alpha value is -1.51. The van der Waals surface area contributed by atoms with Crippen molar-refractivity contribution in [1.82, 2.24) is 0 Å². The minimum absolute atomic E-state index is 0.0797. The lowest BCUT2D eigenvalue weighted by atomic mass is 10.1. The van der Waals surface area contributed by atoms with Crippen LogP contribution in [0.2, 0.25) is 0 Å². The summed E-state index contributed by atoms with van der Waals surface area (Å²) in [6.07, 6.45) is 0.883. The molecule has 3 heteroatoms. The molecule has 0 aromatic heterocycles. The van der Waals surface area contributed by atoms with Gasteiger partial charge in [0.25, 0.3) is 0 Å². The maximum atomic E-state index is 11.5. The predicted octanol–water partition coefficient (Wildman–Crippen LogP) is 2.13. The van der Waals surface area contributed by atoms with Gasteiger partial charge in [0.05, 0.1) is 12.3 Å². The summed E-state index contributed by atoms with van der Waals surface area (Å²) in [6.45, 7) is 5.03. The number of fused-ring (bicyclic) bond motifs is 1. The van der Waals surface area contributed by atoms with Gasteiger partial charge in [0.1, 0.15) is 5.75 Å². The molecule has 0 aliphatic carbocycles. The van der Waals surface area contributed by atoms with Gasteiger partial charge >= 0.3 is 0 Å². The van der Waals surface area contributed by atoms with Crippen LogP contribution in [0.5, 0.6) is 5.75 Å². The zero-order valence-corrected chi connectivity index (χ0v) is 9.12. The van der Waals surface area contributed by atoms with Crippen LogP contribution >= 0.6 is 0 Å². The number of ether oxygens (including phenoxy) is 1. The van der Waals surface area contributed by atoms with Crippen LogP contribution in [0.25, 0.3) is 0 Å². The minimum atomic E-state index is 0.0797. The van der Waals surface area contributed by atoms with Crippen LogP contribution in [-0.2, 0) is 4.79 Å². The summed E-state index contributed by atoms with van der Waals surface area (Å²) >= 11 is 0. The summed E-state index contributed by atoms with van der Waals surface area (Å²) in [4.78, 5) is 13.3. The Labute approximate surface area is 89.7 Å². The molecule has 0 spiro atoms. The lowest BCUT2D eigenvalue weighted by Gasteiger charge is -2.21. The highest BCUT2D eigenvalue weighted by molar-refractivity contribution is 5.94. The smallest absolute Gasteiger partial charge is 0.223 e. The van der Waals surface area contributed by atoms with Gasteiger partial charge in [0, 0.05) is 13.5 Å². The molecule has 0 fully saturated rings. The molecule has 0 N–H and O–H groups in total. The Morgan fingerprint density at radius 3 is 3.00 bits per heavy atom. The molecule has 1 aromatic carbocycles. The standard InChI is InChI=1S/C12H15NO2/c1-9-5-3-6-11-12(9)13(10(2)14)7-4-8-15-11/h3,5-6H,4,7-8H2,1-2H3. The van der Waals surface area contributed by atoms with Crippen molar-refractivity contribution in [3.63, 3.8) is 0 Å². The van der Waals surface area contributed by atoms with Crippen molar-refractivity contribution in [2.45, 2.75) is 20.3 Å². The van der Waals surface area contributed by atoms with E-state index in [1.165, 1.54) is 0 Å². The third kappa shape index (κ3) is 1.82. The second-order valence-corrected chi connectivity index (χ2v) is 3.79. The number of hydrogen-bond acceptors (Lipinski definition) is 2. The topological polar surface area (TPSA) is 29.5 Å². The Morgan fingerprint density at radius 1 is 1.47 bits per heavy atom. The quantitative estimate of drug-likeness (QED) is 0.649. The summed E-state index contributed by atoms with van der Waals surface area (Å²) in [5, 5.41) is 0. The number of carbonyl (C=O) groups excluding carboxylic acids is 1. The number of rotatable bonds is 0. The number of aryl methyl sites for hydroxylation is 1. The van der Waals surface area contributed by atoms with Crippen molar-refractivity contribution < 1.29 is 9.53 Å². The molecule has 3 nitrogen and oxygen atoms in total. The van der Waals surface area contributed by atoms with E-state index < -0.39 is 0 Å². The predicted molar refractivity (Wildman–Crippen MR) is 59.3 cm³/mol. The number of nitrogens with zero attached hydrogens (tertiary/aromatic N) is 1. The average molecular weight is 205 g/mol. The normalized spacial score (nSPS) is 15.2. The van der Waals surface area contributed by atoms with Gasteiger partial charge in [0.15, 0.2) is 0 Å². The van der Waals surface area contributed by atoms with Gasteiger partial charge in [-0.15, -0.1) is 0 Å². The van der Waals surface area contributed by atoms with E-state index in [0.29, 0.717) is 6.61 Å². The van der Waals surface area contributed by atoms with Crippen LogP contribution in [-0.4, -0.2) is 19.1 Å². The van der Waals surface area contributed by atoms with Gasteiger partial charge in [-0.3, -0.25) is 4.79 Å². The molecule has 2 rings (SSSR count). The van der Waals surface area contributed by atoms with Crippen molar-refractivity contribution in [3.8, 4) is 5.75 Å². The fraction of sp³-hybridized carbons (Fsp3) is 0.417. The number of para-hydroxylation sites is 1. The molecular formula is C12H15NO2. The van der Waals surface area contributed by atoms with Crippen molar-refractivity contribution in [2.75, 3.05) is 18.1 Å². The van der Waals surface area contributed by atoms with Crippen LogP contribution in [0, 0.1) is 6.92 Å². The fourth-order valence-electron chi connectivity index (χ4n) is 1.93. The molecule has 1 aliphatic heterocycles. The summed E-state index contributed by atoms with van der Waals surface area (Å²) in [6, 6.07) is 5.88. The minimum Gasteiger partial charge on any atom is -0.491 e. The SMILES string of the molecule is CC(=O)N1CCCOc2cccc(C)c21.